The van der Waals surface area contributed by atoms with Crippen LogP contribution < -0.4 is 11.1 Å². The molecule has 0 radical (unpaired) electrons. The molecule has 0 amide bonds. The van der Waals surface area contributed by atoms with Crippen LogP contribution in [0.25, 0.3) is 0 Å². The van der Waals surface area contributed by atoms with E-state index in [1.54, 1.807) is 24.4 Å². The second-order valence-corrected chi connectivity index (χ2v) is 3.87. The van der Waals surface area contributed by atoms with Crippen molar-refractivity contribution in [2.75, 3.05) is 11.1 Å². The van der Waals surface area contributed by atoms with Gasteiger partial charge >= 0.3 is 5.97 Å². The molecule has 0 unspecified atom stereocenters. The number of nitrogen functional groups attached to an aromatic ring is 1. The number of nitrogens with two attached hydrogens (primary N) is 1. The molecule has 5 nitrogen and oxygen atoms in total. The lowest BCUT2D eigenvalue weighted by molar-refractivity contribution is 0.0698. The molecule has 2 rings (SSSR count). The van der Waals surface area contributed by atoms with Crippen LogP contribution in [0.15, 0.2) is 36.5 Å². The Kier molecular flexibility index (Phi) is 3.14. The lowest BCUT2D eigenvalue weighted by Crippen LogP contribution is -2.04. The maximum Gasteiger partial charge on any atom is 0.337 e. The summed E-state index contributed by atoms with van der Waals surface area (Å²) in [5, 5.41) is 12.2. The van der Waals surface area contributed by atoms with Crippen LogP contribution in [0.3, 0.4) is 0 Å². The van der Waals surface area contributed by atoms with Crippen LogP contribution >= 0.6 is 0 Å². The van der Waals surface area contributed by atoms with Gasteiger partial charge in [-0.25, -0.2) is 4.79 Å². The molecule has 0 saturated carbocycles. The molecule has 18 heavy (non-hydrogen) atoms. The van der Waals surface area contributed by atoms with Crippen LogP contribution in [0.1, 0.15) is 16.1 Å². The lowest BCUT2D eigenvalue weighted by Gasteiger charge is -2.11. The molecule has 1 aromatic carbocycles. The molecule has 0 saturated heterocycles. The van der Waals surface area contributed by atoms with Crippen molar-refractivity contribution in [1.82, 2.24) is 4.98 Å². The van der Waals surface area contributed by atoms with Gasteiger partial charge < -0.3 is 16.2 Å². The van der Waals surface area contributed by atoms with Crippen LogP contribution in [-0.4, -0.2) is 16.1 Å². The smallest absolute Gasteiger partial charge is 0.337 e. The first-order chi connectivity index (χ1) is 8.58. The largest absolute Gasteiger partial charge is 0.478 e. The van der Waals surface area contributed by atoms with Crippen LogP contribution in [0.2, 0.25) is 0 Å². The third-order valence-electron chi connectivity index (χ3n) is 2.55. The van der Waals surface area contributed by atoms with E-state index in [9.17, 15) is 4.79 Å². The summed E-state index contributed by atoms with van der Waals surface area (Å²) in [7, 11) is 0. The summed E-state index contributed by atoms with van der Waals surface area (Å²) in [6.07, 6.45) is 1.68. The minimum atomic E-state index is -1.02. The highest BCUT2D eigenvalue weighted by Crippen LogP contribution is 2.24. The number of aromatic carboxylic acids is 1. The minimum absolute atomic E-state index is 0.137. The number of hydrogen-bond acceptors (Lipinski definition) is 4. The van der Waals surface area contributed by atoms with E-state index in [0.717, 1.165) is 11.4 Å². The third-order valence-corrected chi connectivity index (χ3v) is 2.55. The molecule has 92 valence electrons. The second-order valence-electron chi connectivity index (χ2n) is 3.87. The normalized spacial score (nSPS) is 10.1. The number of carboxylic acids is 1. The summed E-state index contributed by atoms with van der Waals surface area (Å²) < 4.78 is 0. The molecule has 5 heteroatoms. The van der Waals surface area contributed by atoms with E-state index in [-0.39, 0.29) is 5.56 Å². The van der Waals surface area contributed by atoms with E-state index in [4.69, 9.17) is 10.8 Å². The summed E-state index contributed by atoms with van der Waals surface area (Å²) in [5.74, 6) is -1.02. The van der Waals surface area contributed by atoms with Gasteiger partial charge in [-0.3, -0.25) is 4.98 Å². The van der Waals surface area contributed by atoms with Gasteiger partial charge in [-0.2, -0.15) is 0 Å². The molecule has 0 spiro atoms. The van der Waals surface area contributed by atoms with E-state index >= 15 is 0 Å². The number of aryl methyl sites for hydroxylation is 1. The Balaban J connectivity index is 2.41. The SMILES string of the molecule is Cc1ncccc1Nc1ccc(N)cc1C(=O)O. The molecule has 0 aliphatic rings. The Bertz CT molecular complexity index is 597. The molecular weight excluding hydrogens is 230 g/mol. The summed E-state index contributed by atoms with van der Waals surface area (Å²) in [5.41, 5.74) is 8.20. The first-order valence-corrected chi connectivity index (χ1v) is 5.39. The summed E-state index contributed by atoms with van der Waals surface area (Å²) in [4.78, 5) is 15.3. The van der Waals surface area contributed by atoms with Crippen molar-refractivity contribution < 1.29 is 9.90 Å². The highest BCUT2D eigenvalue weighted by atomic mass is 16.4. The number of nitrogens with one attached hydrogen (secondary N) is 1. The number of nitrogens with zero attached hydrogens (tertiary/aromatic N) is 1. The van der Waals surface area contributed by atoms with Crippen molar-refractivity contribution >= 4 is 23.0 Å². The quantitative estimate of drug-likeness (QED) is 0.720. The zero-order chi connectivity index (χ0) is 13.1. The average molecular weight is 243 g/mol. The number of rotatable bonds is 3. The molecular formula is C13H13N3O2. The van der Waals surface area contributed by atoms with E-state index < -0.39 is 5.97 Å². The van der Waals surface area contributed by atoms with Crippen LogP contribution in [-0.2, 0) is 0 Å². The molecule has 0 atom stereocenters. The minimum Gasteiger partial charge on any atom is -0.478 e. The Labute approximate surface area is 104 Å². The number of aromatic nitrogens is 1. The predicted molar refractivity (Wildman–Crippen MR) is 70.1 cm³/mol. The van der Waals surface area contributed by atoms with E-state index in [0.29, 0.717) is 11.4 Å². The number of benzene rings is 1. The topological polar surface area (TPSA) is 88.2 Å². The second kappa shape index (κ2) is 4.75. The average Bonchev–Trinajstić information content (AvgIpc) is 2.34. The molecule has 4 N–H and O–H groups in total. The lowest BCUT2D eigenvalue weighted by atomic mass is 10.1. The van der Waals surface area contributed by atoms with Crippen molar-refractivity contribution in [3.63, 3.8) is 0 Å². The highest BCUT2D eigenvalue weighted by Gasteiger charge is 2.11. The molecule has 1 heterocycles. The number of pyridine rings is 1. The molecule has 1 aromatic heterocycles. The number of hydrogen-bond donors (Lipinski definition) is 3. The first-order valence-electron chi connectivity index (χ1n) is 5.39. The van der Waals surface area contributed by atoms with Crippen molar-refractivity contribution in [3.8, 4) is 0 Å². The molecule has 0 fully saturated rings. The Morgan fingerprint density at radius 2 is 2.11 bits per heavy atom. The highest BCUT2D eigenvalue weighted by molar-refractivity contribution is 5.96. The van der Waals surface area contributed by atoms with Gasteiger partial charge in [0.2, 0.25) is 0 Å². The van der Waals surface area contributed by atoms with Crippen LogP contribution in [0.5, 0.6) is 0 Å². The van der Waals surface area contributed by atoms with Crippen molar-refractivity contribution in [1.29, 1.82) is 0 Å². The van der Waals surface area contributed by atoms with Crippen molar-refractivity contribution in [2.45, 2.75) is 6.92 Å². The summed E-state index contributed by atoms with van der Waals surface area (Å²) >= 11 is 0. The Morgan fingerprint density at radius 3 is 2.78 bits per heavy atom. The number of carboxylic acid groups (broad SMARTS) is 1. The van der Waals surface area contributed by atoms with Gasteiger partial charge in [0.15, 0.2) is 0 Å². The fourth-order valence-corrected chi connectivity index (χ4v) is 1.61. The van der Waals surface area contributed by atoms with Gasteiger partial charge in [0.05, 0.1) is 22.6 Å². The maximum atomic E-state index is 11.1. The van der Waals surface area contributed by atoms with Crippen LogP contribution in [0.4, 0.5) is 17.1 Å². The van der Waals surface area contributed by atoms with Crippen LogP contribution in [0, 0.1) is 6.92 Å². The first kappa shape index (κ1) is 11.9. The number of carbonyl (C=O) groups is 1. The maximum absolute atomic E-state index is 11.1. The van der Waals surface area contributed by atoms with E-state index in [1.165, 1.54) is 6.07 Å². The summed E-state index contributed by atoms with van der Waals surface area (Å²) in [6.45, 7) is 1.85. The van der Waals surface area contributed by atoms with Gasteiger partial charge in [-0.1, -0.05) is 0 Å². The fourth-order valence-electron chi connectivity index (χ4n) is 1.61. The number of anilines is 3. The molecule has 0 aliphatic heterocycles. The van der Waals surface area contributed by atoms with E-state index in [2.05, 4.69) is 10.3 Å². The molecule has 0 aliphatic carbocycles. The van der Waals surface area contributed by atoms with Gasteiger partial charge in [0.1, 0.15) is 0 Å². The van der Waals surface area contributed by atoms with Gasteiger partial charge in [0, 0.05) is 11.9 Å². The zero-order valence-electron chi connectivity index (χ0n) is 9.84. The Hall–Kier alpha value is -2.56. The Morgan fingerprint density at radius 1 is 1.33 bits per heavy atom. The van der Waals surface area contributed by atoms with Gasteiger partial charge in [0.25, 0.3) is 0 Å². The van der Waals surface area contributed by atoms with Crippen molar-refractivity contribution in [2.24, 2.45) is 0 Å². The van der Waals surface area contributed by atoms with Crippen molar-refractivity contribution in [3.05, 3.63) is 47.8 Å². The van der Waals surface area contributed by atoms with Gasteiger partial charge in [-0.05, 0) is 37.3 Å². The van der Waals surface area contributed by atoms with Gasteiger partial charge in [-0.15, -0.1) is 0 Å². The fraction of sp³-hybridized carbons (Fsp3) is 0.0769. The third kappa shape index (κ3) is 2.40. The summed E-state index contributed by atoms with van der Waals surface area (Å²) in [6, 6.07) is 8.35. The standard InChI is InChI=1S/C13H13N3O2/c1-8-11(3-2-6-15-8)16-12-5-4-9(14)7-10(12)13(17)18/h2-7,16H,14H2,1H3,(H,17,18). The molecule has 2 aromatic rings. The predicted octanol–water partition coefficient (Wildman–Crippen LogP) is 2.41. The zero-order valence-corrected chi connectivity index (χ0v) is 9.84. The monoisotopic (exact) mass is 243 g/mol. The molecule has 0 bridgehead atoms. The van der Waals surface area contributed by atoms with E-state index in [1.807, 2.05) is 13.0 Å².